The predicted octanol–water partition coefficient (Wildman–Crippen LogP) is 2.02. The number of nitrogens with one attached hydrogen (secondary N) is 1. The van der Waals surface area contributed by atoms with Crippen molar-refractivity contribution >= 4 is 29.9 Å². The number of morpholine rings is 1. The average molecular weight is 424 g/mol. The van der Waals surface area contributed by atoms with E-state index in [4.69, 9.17) is 4.74 Å². The summed E-state index contributed by atoms with van der Waals surface area (Å²) in [7, 11) is 1.90. The summed E-state index contributed by atoms with van der Waals surface area (Å²) in [6, 6.07) is 0.667. The van der Waals surface area contributed by atoms with E-state index >= 15 is 0 Å². The molecule has 2 saturated heterocycles. The van der Waals surface area contributed by atoms with Crippen molar-refractivity contribution in [3.05, 3.63) is 0 Å². The smallest absolute Gasteiger partial charge is 0.193 e. The maximum atomic E-state index is 5.45. The first-order chi connectivity index (χ1) is 10.3. The van der Waals surface area contributed by atoms with E-state index < -0.39 is 0 Å². The zero-order valence-corrected chi connectivity index (χ0v) is 16.7. The molecule has 1 atom stereocenters. The number of ether oxygens (including phenoxy) is 1. The summed E-state index contributed by atoms with van der Waals surface area (Å²) in [5, 5.41) is 3.57. The summed E-state index contributed by atoms with van der Waals surface area (Å²) in [4.78, 5) is 9.48. The predicted molar refractivity (Wildman–Crippen MR) is 103 cm³/mol. The highest BCUT2D eigenvalue weighted by molar-refractivity contribution is 14.0. The highest BCUT2D eigenvalue weighted by Gasteiger charge is 2.30. The Morgan fingerprint density at radius 1 is 1.23 bits per heavy atom. The number of nitrogens with zero attached hydrogens (tertiary/aromatic N) is 3. The molecule has 2 aliphatic rings. The second-order valence-electron chi connectivity index (χ2n) is 6.15. The van der Waals surface area contributed by atoms with E-state index in [0.29, 0.717) is 6.04 Å². The van der Waals surface area contributed by atoms with Crippen molar-refractivity contribution < 1.29 is 4.74 Å². The van der Waals surface area contributed by atoms with Crippen LogP contribution in [0.25, 0.3) is 0 Å². The Balaban J connectivity index is 0.00000242. The van der Waals surface area contributed by atoms with Crippen LogP contribution in [-0.4, -0.2) is 74.8 Å². The highest BCUT2D eigenvalue weighted by atomic mass is 127. The fraction of sp³-hybridized carbons (Fsp3) is 0.938. The van der Waals surface area contributed by atoms with E-state index in [2.05, 4.69) is 34.0 Å². The average Bonchev–Trinajstić information content (AvgIpc) is 3.02. The minimum absolute atomic E-state index is 0. The number of aliphatic imine (C=N–C) groups is 1. The molecule has 0 saturated carbocycles. The molecule has 1 unspecified atom stereocenters. The van der Waals surface area contributed by atoms with Gasteiger partial charge in [0.1, 0.15) is 0 Å². The minimum atomic E-state index is 0. The van der Waals surface area contributed by atoms with Gasteiger partial charge in [-0.1, -0.05) is 26.7 Å². The Bertz CT molecular complexity index is 330. The lowest BCUT2D eigenvalue weighted by molar-refractivity contribution is 0.0195. The quantitative estimate of drug-likeness (QED) is 0.417. The van der Waals surface area contributed by atoms with Crippen LogP contribution in [0.2, 0.25) is 0 Å². The number of rotatable bonds is 5. The second-order valence-corrected chi connectivity index (χ2v) is 6.15. The number of likely N-dealkylation sites (tertiary alicyclic amines) is 1. The van der Waals surface area contributed by atoms with E-state index in [0.717, 1.165) is 57.8 Å². The van der Waals surface area contributed by atoms with Crippen molar-refractivity contribution in [3.63, 3.8) is 0 Å². The van der Waals surface area contributed by atoms with Gasteiger partial charge < -0.3 is 15.0 Å². The van der Waals surface area contributed by atoms with Gasteiger partial charge in [0.25, 0.3) is 0 Å². The number of guanidine groups is 1. The van der Waals surface area contributed by atoms with Crippen molar-refractivity contribution in [2.24, 2.45) is 10.9 Å². The van der Waals surface area contributed by atoms with Gasteiger partial charge in [-0.25, -0.2) is 0 Å². The number of hydrogen-bond donors (Lipinski definition) is 1. The van der Waals surface area contributed by atoms with Gasteiger partial charge in [0, 0.05) is 45.8 Å². The maximum Gasteiger partial charge on any atom is 0.193 e. The molecule has 0 aromatic heterocycles. The molecule has 5 nitrogen and oxygen atoms in total. The minimum Gasteiger partial charge on any atom is -0.379 e. The summed E-state index contributed by atoms with van der Waals surface area (Å²) in [6.07, 6.45) is 3.71. The molecule has 6 heteroatoms. The topological polar surface area (TPSA) is 40.1 Å². The first-order valence-corrected chi connectivity index (χ1v) is 8.55. The third-order valence-corrected chi connectivity index (χ3v) is 4.94. The highest BCUT2D eigenvalue weighted by Crippen LogP contribution is 2.17. The van der Waals surface area contributed by atoms with Crippen LogP contribution < -0.4 is 5.32 Å². The molecule has 0 radical (unpaired) electrons. The third-order valence-electron chi connectivity index (χ3n) is 4.94. The summed E-state index contributed by atoms with van der Waals surface area (Å²) in [5.74, 6) is 1.83. The van der Waals surface area contributed by atoms with Crippen molar-refractivity contribution in [2.75, 3.05) is 53.0 Å². The van der Waals surface area contributed by atoms with E-state index in [1.807, 2.05) is 7.05 Å². The number of hydrogen-bond acceptors (Lipinski definition) is 3. The summed E-state index contributed by atoms with van der Waals surface area (Å²) in [6.45, 7) is 11.7. The molecular weight excluding hydrogens is 391 g/mol. The fourth-order valence-corrected chi connectivity index (χ4v) is 3.32. The van der Waals surface area contributed by atoms with Gasteiger partial charge in [-0.3, -0.25) is 9.89 Å². The van der Waals surface area contributed by atoms with E-state index in [9.17, 15) is 0 Å². The summed E-state index contributed by atoms with van der Waals surface area (Å²) in [5.41, 5.74) is 0. The first kappa shape index (κ1) is 20.0. The van der Waals surface area contributed by atoms with Gasteiger partial charge in [0.05, 0.1) is 13.2 Å². The second kappa shape index (κ2) is 10.6. The molecule has 0 aromatic rings. The standard InChI is InChI=1S/C16H32N4O.HI/c1-4-14(5-2)12-18-16(17-3)20-7-6-15(13-20)19-8-10-21-11-9-19;/h14-15H,4-13H2,1-3H3,(H,17,18);1H. The van der Waals surface area contributed by atoms with E-state index in [1.165, 1.54) is 19.3 Å². The van der Waals surface area contributed by atoms with Gasteiger partial charge >= 0.3 is 0 Å². The van der Waals surface area contributed by atoms with Gasteiger partial charge in [0.15, 0.2) is 5.96 Å². The Hall–Kier alpha value is -0.0800. The van der Waals surface area contributed by atoms with Crippen LogP contribution in [0, 0.1) is 5.92 Å². The molecule has 2 rings (SSSR count). The zero-order valence-electron chi connectivity index (χ0n) is 14.4. The zero-order chi connectivity index (χ0) is 15.1. The lowest BCUT2D eigenvalue weighted by Crippen LogP contribution is -2.47. The third kappa shape index (κ3) is 5.53. The largest absolute Gasteiger partial charge is 0.379 e. The van der Waals surface area contributed by atoms with E-state index in [1.54, 1.807) is 0 Å². The summed E-state index contributed by atoms with van der Waals surface area (Å²) >= 11 is 0. The van der Waals surface area contributed by atoms with Crippen molar-refractivity contribution in [1.82, 2.24) is 15.1 Å². The van der Waals surface area contributed by atoms with Gasteiger partial charge in [-0.2, -0.15) is 0 Å². The molecule has 130 valence electrons. The molecular formula is C16H33IN4O. The lowest BCUT2D eigenvalue weighted by atomic mass is 10.0. The van der Waals surface area contributed by atoms with Gasteiger partial charge in [0.2, 0.25) is 0 Å². The molecule has 1 N–H and O–H groups in total. The Morgan fingerprint density at radius 3 is 2.50 bits per heavy atom. The number of halogens is 1. The Morgan fingerprint density at radius 2 is 1.91 bits per heavy atom. The van der Waals surface area contributed by atoms with Crippen molar-refractivity contribution in [2.45, 2.75) is 39.2 Å². The van der Waals surface area contributed by atoms with E-state index in [-0.39, 0.29) is 24.0 Å². The lowest BCUT2D eigenvalue weighted by Gasteiger charge is -2.32. The van der Waals surface area contributed by atoms with Crippen molar-refractivity contribution in [1.29, 1.82) is 0 Å². The first-order valence-electron chi connectivity index (χ1n) is 8.55. The normalized spacial score (nSPS) is 23.7. The van der Waals surface area contributed by atoms with Crippen LogP contribution in [0.1, 0.15) is 33.1 Å². The fourth-order valence-electron chi connectivity index (χ4n) is 3.32. The molecule has 0 amide bonds. The van der Waals surface area contributed by atoms with Crippen molar-refractivity contribution in [3.8, 4) is 0 Å². The Kier molecular flexibility index (Phi) is 9.66. The molecule has 22 heavy (non-hydrogen) atoms. The van der Waals surface area contributed by atoms with Crippen LogP contribution in [-0.2, 0) is 4.74 Å². The summed E-state index contributed by atoms with van der Waals surface area (Å²) < 4.78 is 5.45. The van der Waals surface area contributed by atoms with Crippen LogP contribution in [0.5, 0.6) is 0 Å². The molecule has 2 aliphatic heterocycles. The van der Waals surface area contributed by atoms with Crippen LogP contribution >= 0.6 is 24.0 Å². The maximum absolute atomic E-state index is 5.45. The Labute approximate surface area is 152 Å². The van der Waals surface area contributed by atoms with Crippen LogP contribution in [0.3, 0.4) is 0 Å². The molecule has 0 aromatic carbocycles. The van der Waals surface area contributed by atoms with Crippen LogP contribution in [0.4, 0.5) is 0 Å². The van der Waals surface area contributed by atoms with Crippen LogP contribution in [0.15, 0.2) is 4.99 Å². The molecule has 0 spiro atoms. The monoisotopic (exact) mass is 424 g/mol. The SMILES string of the molecule is CCC(CC)CNC(=NC)N1CCC(N2CCOCC2)C1.I. The molecule has 0 bridgehead atoms. The molecule has 2 heterocycles. The molecule has 2 fully saturated rings. The van der Waals surface area contributed by atoms with Gasteiger partial charge in [-0.15, -0.1) is 24.0 Å². The molecule has 0 aliphatic carbocycles. The van der Waals surface area contributed by atoms with Gasteiger partial charge in [-0.05, 0) is 12.3 Å².